The zero-order valence-corrected chi connectivity index (χ0v) is 12.8. The van der Waals surface area contributed by atoms with E-state index < -0.39 is 0 Å². The van der Waals surface area contributed by atoms with Crippen molar-refractivity contribution >= 4 is 39.9 Å². The van der Waals surface area contributed by atoms with Gasteiger partial charge >= 0.3 is 0 Å². The number of hydrogen-bond donors (Lipinski definition) is 2. The summed E-state index contributed by atoms with van der Waals surface area (Å²) in [4.78, 5) is 12.1. The van der Waals surface area contributed by atoms with Gasteiger partial charge in [-0.2, -0.15) is 0 Å². The number of rotatable bonds is 4. The largest absolute Gasteiger partial charge is 0.384 e. The van der Waals surface area contributed by atoms with Crippen LogP contribution in [0.4, 0.5) is 11.4 Å². The van der Waals surface area contributed by atoms with E-state index in [-0.39, 0.29) is 5.91 Å². The van der Waals surface area contributed by atoms with Crippen molar-refractivity contribution in [3.05, 3.63) is 57.7 Å². The Kier molecular flexibility index (Phi) is 4.79. The maximum atomic E-state index is 12.1. The molecule has 4 heteroatoms. The fraction of sp³-hybridized carbons (Fsp3) is 0.133. The Labute approximate surface area is 126 Å². The number of anilines is 2. The molecule has 2 aromatic rings. The zero-order chi connectivity index (χ0) is 13.7. The Morgan fingerprint density at radius 1 is 1.05 bits per heavy atom. The molecule has 0 aromatic heterocycles. The molecular formula is C15H15IN2O. The quantitative estimate of drug-likeness (QED) is 0.804. The summed E-state index contributed by atoms with van der Waals surface area (Å²) >= 11 is 2.22. The van der Waals surface area contributed by atoms with E-state index in [1.165, 1.54) is 0 Å². The van der Waals surface area contributed by atoms with E-state index in [4.69, 9.17) is 0 Å². The van der Waals surface area contributed by atoms with Crippen LogP contribution in [0.1, 0.15) is 17.3 Å². The number of halogens is 1. The first-order valence-electron chi connectivity index (χ1n) is 6.10. The van der Waals surface area contributed by atoms with Crippen LogP contribution in [-0.4, -0.2) is 12.5 Å². The standard InChI is InChI=1S/C15H15IN2O/c1-2-17-13-5-3-4-6-14(13)18-15(19)11-7-9-12(16)10-8-11/h3-10,17H,2H2,1H3,(H,18,19). The summed E-state index contributed by atoms with van der Waals surface area (Å²) in [5.74, 6) is -0.0956. The number of nitrogens with one attached hydrogen (secondary N) is 2. The first-order chi connectivity index (χ1) is 9.20. The smallest absolute Gasteiger partial charge is 0.255 e. The molecule has 2 rings (SSSR count). The minimum absolute atomic E-state index is 0.0956. The van der Waals surface area contributed by atoms with Gasteiger partial charge in [0, 0.05) is 15.7 Å². The molecule has 0 saturated heterocycles. The highest BCUT2D eigenvalue weighted by molar-refractivity contribution is 14.1. The normalized spacial score (nSPS) is 10.0. The number of para-hydroxylation sites is 2. The number of amides is 1. The van der Waals surface area contributed by atoms with Crippen LogP contribution >= 0.6 is 22.6 Å². The maximum Gasteiger partial charge on any atom is 0.255 e. The Morgan fingerprint density at radius 3 is 2.32 bits per heavy atom. The number of hydrogen-bond acceptors (Lipinski definition) is 2. The number of benzene rings is 2. The molecule has 0 aliphatic rings. The van der Waals surface area contributed by atoms with Crippen molar-refractivity contribution in [3.63, 3.8) is 0 Å². The molecule has 2 N–H and O–H groups in total. The summed E-state index contributed by atoms with van der Waals surface area (Å²) in [6, 6.07) is 15.2. The predicted octanol–water partition coefficient (Wildman–Crippen LogP) is 3.98. The summed E-state index contributed by atoms with van der Waals surface area (Å²) in [5.41, 5.74) is 2.39. The van der Waals surface area contributed by atoms with Gasteiger partial charge in [-0.1, -0.05) is 12.1 Å². The first-order valence-corrected chi connectivity index (χ1v) is 7.18. The molecule has 0 saturated carbocycles. The van der Waals surface area contributed by atoms with Crippen molar-refractivity contribution in [1.82, 2.24) is 0 Å². The SMILES string of the molecule is CCNc1ccccc1NC(=O)c1ccc(I)cc1. The zero-order valence-electron chi connectivity index (χ0n) is 10.6. The Balaban J connectivity index is 2.16. The minimum atomic E-state index is -0.0956. The molecule has 0 fully saturated rings. The molecule has 0 radical (unpaired) electrons. The van der Waals surface area contributed by atoms with Crippen molar-refractivity contribution in [3.8, 4) is 0 Å². The van der Waals surface area contributed by atoms with E-state index in [1.807, 2.05) is 55.5 Å². The van der Waals surface area contributed by atoms with Crippen molar-refractivity contribution in [2.75, 3.05) is 17.2 Å². The van der Waals surface area contributed by atoms with Crippen molar-refractivity contribution in [2.24, 2.45) is 0 Å². The highest BCUT2D eigenvalue weighted by atomic mass is 127. The van der Waals surface area contributed by atoms with Gasteiger partial charge in [-0.3, -0.25) is 4.79 Å². The molecule has 98 valence electrons. The van der Waals surface area contributed by atoms with Crippen LogP contribution in [0.25, 0.3) is 0 Å². The molecule has 2 aromatic carbocycles. The van der Waals surface area contributed by atoms with Crippen LogP contribution < -0.4 is 10.6 Å². The van der Waals surface area contributed by atoms with E-state index in [0.717, 1.165) is 21.5 Å². The Morgan fingerprint density at radius 2 is 1.68 bits per heavy atom. The van der Waals surface area contributed by atoms with Crippen LogP contribution in [0, 0.1) is 3.57 Å². The van der Waals surface area contributed by atoms with Gasteiger partial charge in [0.25, 0.3) is 5.91 Å². The fourth-order valence-corrected chi connectivity index (χ4v) is 2.09. The summed E-state index contributed by atoms with van der Waals surface area (Å²) in [5, 5.41) is 6.15. The molecule has 0 atom stereocenters. The van der Waals surface area contributed by atoms with Gasteiger partial charge in [0.2, 0.25) is 0 Å². The monoisotopic (exact) mass is 366 g/mol. The minimum Gasteiger partial charge on any atom is -0.384 e. The van der Waals surface area contributed by atoms with Crippen molar-refractivity contribution in [2.45, 2.75) is 6.92 Å². The van der Waals surface area contributed by atoms with Gasteiger partial charge in [-0.25, -0.2) is 0 Å². The van der Waals surface area contributed by atoms with Gasteiger partial charge in [-0.15, -0.1) is 0 Å². The third-order valence-electron chi connectivity index (χ3n) is 2.65. The molecule has 19 heavy (non-hydrogen) atoms. The highest BCUT2D eigenvalue weighted by Crippen LogP contribution is 2.21. The Hall–Kier alpha value is -1.56. The lowest BCUT2D eigenvalue weighted by Crippen LogP contribution is -2.13. The second kappa shape index (κ2) is 6.56. The van der Waals surface area contributed by atoms with Gasteiger partial charge in [0.1, 0.15) is 0 Å². The number of carbonyl (C=O) groups excluding carboxylic acids is 1. The first kappa shape index (κ1) is 13.9. The average molecular weight is 366 g/mol. The van der Waals surface area contributed by atoms with Crippen LogP contribution in [-0.2, 0) is 0 Å². The van der Waals surface area contributed by atoms with Crippen molar-refractivity contribution in [1.29, 1.82) is 0 Å². The lowest BCUT2D eigenvalue weighted by atomic mass is 10.2. The molecule has 0 aliphatic carbocycles. The highest BCUT2D eigenvalue weighted by Gasteiger charge is 2.08. The molecule has 0 heterocycles. The van der Waals surface area contributed by atoms with E-state index in [0.29, 0.717) is 5.56 Å². The molecule has 0 bridgehead atoms. The van der Waals surface area contributed by atoms with E-state index in [1.54, 1.807) is 0 Å². The van der Waals surface area contributed by atoms with Gasteiger partial charge in [0.15, 0.2) is 0 Å². The van der Waals surface area contributed by atoms with Gasteiger partial charge in [-0.05, 0) is 65.9 Å². The number of carbonyl (C=O) groups is 1. The Bertz CT molecular complexity index is 567. The molecule has 3 nitrogen and oxygen atoms in total. The second-order valence-corrected chi connectivity index (χ2v) is 5.28. The summed E-state index contributed by atoms with van der Waals surface area (Å²) < 4.78 is 1.11. The second-order valence-electron chi connectivity index (χ2n) is 4.04. The summed E-state index contributed by atoms with van der Waals surface area (Å²) in [7, 11) is 0. The molecular weight excluding hydrogens is 351 g/mol. The lowest BCUT2D eigenvalue weighted by molar-refractivity contribution is 0.102. The summed E-state index contributed by atoms with van der Waals surface area (Å²) in [6.45, 7) is 2.84. The topological polar surface area (TPSA) is 41.1 Å². The van der Waals surface area contributed by atoms with Gasteiger partial charge in [0.05, 0.1) is 11.4 Å². The molecule has 0 aliphatic heterocycles. The van der Waals surface area contributed by atoms with Crippen LogP contribution in [0.5, 0.6) is 0 Å². The fourth-order valence-electron chi connectivity index (χ4n) is 1.73. The molecule has 1 amide bonds. The maximum absolute atomic E-state index is 12.1. The third kappa shape index (κ3) is 3.70. The van der Waals surface area contributed by atoms with Crippen LogP contribution in [0.15, 0.2) is 48.5 Å². The van der Waals surface area contributed by atoms with E-state index in [2.05, 4.69) is 33.2 Å². The van der Waals surface area contributed by atoms with E-state index in [9.17, 15) is 4.79 Å². The van der Waals surface area contributed by atoms with Crippen LogP contribution in [0.3, 0.4) is 0 Å². The predicted molar refractivity (Wildman–Crippen MR) is 87.7 cm³/mol. The third-order valence-corrected chi connectivity index (χ3v) is 3.37. The average Bonchev–Trinajstić information content (AvgIpc) is 2.42. The van der Waals surface area contributed by atoms with E-state index >= 15 is 0 Å². The lowest BCUT2D eigenvalue weighted by Gasteiger charge is -2.11. The van der Waals surface area contributed by atoms with Gasteiger partial charge < -0.3 is 10.6 Å². The molecule has 0 spiro atoms. The van der Waals surface area contributed by atoms with Crippen LogP contribution in [0.2, 0.25) is 0 Å². The van der Waals surface area contributed by atoms with Crippen molar-refractivity contribution < 1.29 is 4.79 Å². The molecule has 0 unspecified atom stereocenters. The summed E-state index contributed by atoms with van der Waals surface area (Å²) in [6.07, 6.45) is 0.